The molecule has 5 heteroatoms. The van der Waals surface area contributed by atoms with Crippen molar-refractivity contribution in [1.82, 2.24) is 14.5 Å². The fourth-order valence-corrected chi connectivity index (χ4v) is 5.26. The molecule has 1 N–H and O–H groups in total. The molecule has 1 saturated heterocycles. The van der Waals surface area contributed by atoms with E-state index in [9.17, 15) is 9.50 Å². The molecular weight excluding hydrogens is 365 g/mol. The van der Waals surface area contributed by atoms with Gasteiger partial charge in [-0.15, -0.1) is 0 Å². The van der Waals surface area contributed by atoms with Crippen LogP contribution in [-0.4, -0.2) is 32.6 Å². The Labute approximate surface area is 171 Å². The van der Waals surface area contributed by atoms with Crippen LogP contribution in [0.15, 0.2) is 36.5 Å². The lowest BCUT2D eigenvalue weighted by molar-refractivity contribution is 0.0377. The van der Waals surface area contributed by atoms with E-state index < -0.39 is 5.60 Å². The molecule has 4 nitrogen and oxygen atoms in total. The number of hydrogen-bond acceptors (Lipinski definition) is 3. The zero-order valence-electron chi connectivity index (χ0n) is 17.2. The predicted molar refractivity (Wildman–Crippen MR) is 112 cm³/mol. The quantitative estimate of drug-likeness (QED) is 0.714. The number of aryl methyl sites for hydroxylation is 1. The van der Waals surface area contributed by atoms with Gasteiger partial charge in [0.2, 0.25) is 0 Å². The van der Waals surface area contributed by atoms with Gasteiger partial charge in [-0.1, -0.05) is 18.6 Å². The topological polar surface area (TPSA) is 41.3 Å². The second kappa shape index (κ2) is 6.92. The molecule has 0 saturated carbocycles. The van der Waals surface area contributed by atoms with Gasteiger partial charge in [-0.2, -0.15) is 0 Å². The van der Waals surface area contributed by atoms with Crippen LogP contribution >= 0.6 is 0 Å². The molecule has 29 heavy (non-hydrogen) atoms. The first-order chi connectivity index (χ1) is 13.9. The highest BCUT2D eigenvalue weighted by Gasteiger charge is 2.36. The van der Waals surface area contributed by atoms with E-state index in [1.165, 1.54) is 54.6 Å². The minimum Gasteiger partial charge on any atom is -0.384 e. The summed E-state index contributed by atoms with van der Waals surface area (Å²) in [4.78, 5) is 7.41. The van der Waals surface area contributed by atoms with Crippen molar-refractivity contribution in [3.05, 3.63) is 64.7 Å². The largest absolute Gasteiger partial charge is 0.384 e. The third kappa shape index (κ3) is 3.17. The number of aliphatic hydroxyl groups is 1. The zero-order chi connectivity index (χ0) is 20.2. The minimum absolute atomic E-state index is 0.289. The molecule has 2 unspecified atom stereocenters. The highest BCUT2D eigenvalue weighted by Crippen LogP contribution is 2.42. The number of nitrogens with zero attached hydrogens (tertiary/aromatic N) is 3. The van der Waals surface area contributed by atoms with Crippen LogP contribution in [0.1, 0.15) is 54.6 Å². The number of fused-ring (bicyclic) bond motifs is 5. The van der Waals surface area contributed by atoms with Crippen molar-refractivity contribution in [3.8, 4) is 0 Å². The Morgan fingerprint density at radius 3 is 2.79 bits per heavy atom. The first kappa shape index (κ1) is 18.8. The molecule has 3 aromatic rings. The fraction of sp³-hybridized carbons (Fsp3) is 0.458. The summed E-state index contributed by atoms with van der Waals surface area (Å²) in [5.74, 6) is -0.289. The number of pyridine rings is 1. The van der Waals surface area contributed by atoms with Crippen molar-refractivity contribution >= 4 is 11.0 Å². The second-order valence-corrected chi connectivity index (χ2v) is 8.91. The molecule has 0 spiro atoms. The second-order valence-electron chi connectivity index (χ2n) is 8.91. The lowest BCUT2D eigenvalue weighted by atomic mass is 9.89. The van der Waals surface area contributed by atoms with Gasteiger partial charge in [0.05, 0.1) is 6.54 Å². The third-order valence-corrected chi connectivity index (χ3v) is 6.70. The summed E-state index contributed by atoms with van der Waals surface area (Å²) in [6, 6.07) is 8.88. The first-order valence-electron chi connectivity index (χ1n) is 10.6. The van der Waals surface area contributed by atoms with Crippen molar-refractivity contribution in [2.24, 2.45) is 0 Å². The number of rotatable bonds is 3. The van der Waals surface area contributed by atoms with Gasteiger partial charge in [0.25, 0.3) is 0 Å². The fourth-order valence-electron chi connectivity index (χ4n) is 5.26. The highest BCUT2D eigenvalue weighted by atomic mass is 19.1. The van der Waals surface area contributed by atoms with Crippen LogP contribution in [0.4, 0.5) is 4.39 Å². The molecule has 1 fully saturated rings. The van der Waals surface area contributed by atoms with Crippen molar-refractivity contribution in [3.63, 3.8) is 0 Å². The van der Waals surface area contributed by atoms with Crippen LogP contribution in [0.2, 0.25) is 0 Å². The third-order valence-electron chi connectivity index (χ3n) is 6.70. The standard InChI is InChI=1S/C24H28FN3O/c1-16-13-19-22-20-5-3-4-11-27(20)12-10-21(22)28(23(19)26-14-16)15-24(2,29)17-6-8-18(25)9-7-17/h6-9,13-14,20,29H,3-5,10-12,15H2,1-2H3. The van der Waals surface area contributed by atoms with E-state index >= 15 is 0 Å². The molecule has 152 valence electrons. The average Bonchev–Trinajstić information content (AvgIpc) is 3.01. The normalized spacial score (nSPS) is 21.6. The Kier molecular flexibility index (Phi) is 4.48. The Morgan fingerprint density at radius 2 is 2.00 bits per heavy atom. The SMILES string of the molecule is Cc1cnc2c(c1)c1c(n2CC(C)(O)c2ccc(F)cc2)CCN2CCCCC12. The van der Waals surface area contributed by atoms with E-state index in [1.807, 2.05) is 13.1 Å². The van der Waals surface area contributed by atoms with Crippen LogP contribution in [0.3, 0.4) is 0 Å². The average molecular weight is 394 g/mol. The molecule has 2 atom stereocenters. The Bertz CT molecular complexity index is 1050. The molecule has 0 amide bonds. The molecule has 5 rings (SSSR count). The zero-order valence-corrected chi connectivity index (χ0v) is 17.2. The first-order valence-corrected chi connectivity index (χ1v) is 10.6. The van der Waals surface area contributed by atoms with Crippen molar-refractivity contribution in [2.75, 3.05) is 13.1 Å². The van der Waals surface area contributed by atoms with E-state index in [2.05, 4.69) is 22.5 Å². The molecule has 0 bridgehead atoms. The predicted octanol–water partition coefficient (Wildman–Crippen LogP) is 4.47. The molecule has 1 aromatic carbocycles. The van der Waals surface area contributed by atoms with E-state index in [1.54, 1.807) is 12.1 Å². The van der Waals surface area contributed by atoms with Gasteiger partial charge in [-0.05, 0) is 68.1 Å². The summed E-state index contributed by atoms with van der Waals surface area (Å²) < 4.78 is 15.6. The van der Waals surface area contributed by atoms with Crippen molar-refractivity contribution in [2.45, 2.75) is 57.7 Å². The van der Waals surface area contributed by atoms with Gasteiger partial charge in [-0.3, -0.25) is 4.90 Å². The van der Waals surface area contributed by atoms with Crippen molar-refractivity contribution < 1.29 is 9.50 Å². The van der Waals surface area contributed by atoms with Gasteiger partial charge in [0.1, 0.15) is 17.1 Å². The molecular formula is C24H28FN3O. The van der Waals surface area contributed by atoms with Gasteiger partial charge >= 0.3 is 0 Å². The van der Waals surface area contributed by atoms with Gasteiger partial charge in [-0.25, -0.2) is 9.37 Å². The Hall–Kier alpha value is -2.24. The maximum atomic E-state index is 13.4. The van der Waals surface area contributed by atoms with E-state index in [0.29, 0.717) is 12.6 Å². The molecule has 0 aliphatic carbocycles. The van der Waals surface area contributed by atoms with E-state index in [0.717, 1.165) is 29.7 Å². The van der Waals surface area contributed by atoms with Crippen LogP contribution in [0.5, 0.6) is 0 Å². The maximum Gasteiger partial charge on any atom is 0.140 e. The smallest absolute Gasteiger partial charge is 0.140 e. The molecule has 2 aliphatic rings. The van der Waals surface area contributed by atoms with Crippen LogP contribution in [0, 0.1) is 12.7 Å². The van der Waals surface area contributed by atoms with Crippen molar-refractivity contribution in [1.29, 1.82) is 0 Å². The highest BCUT2D eigenvalue weighted by molar-refractivity contribution is 5.84. The lowest BCUT2D eigenvalue weighted by Gasteiger charge is -2.40. The number of benzene rings is 1. The molecule has 0 radical (unpaired) electrons. The monoisotopic (exact) mass is 393 g/mol. The summed E-state index contributed by atoms with van der Waals surface area (Å²) >= 11 is 0. The summed E-state index contributed by atoms with van der Waals surface area (Å²) in [6.45, 7) is 6.54. The number of aromatic nitrogens is 2. The number of hydrogen-bond donors (Lipinski definition) is 1. The summed E-state index contributed by atoms with van der Waals surface area (Å²) in [7, 11) is 0. The van der Waals surface area contributed by atoms with Gasteiger partial charge in [0, 0.05) is 36.3 Å². The van der Waals surface area contributed by atoms with Crippen LogP contribution in [-0.2, 0) is 18.6 Å². The Balaban J connectivity index is 1.64. The summed E-state index contributed by atoms with van der Waals surface area (Å²) in [6.07, 6.45) is 6.62. The van der Waals surface area contributed by atoms with E-state index in [-0.39, 0.29) is 5.82 Å². The van der Waals surface area contributed by atoms with Crippen LogP contribution < -0.4 is 0 Å². The number of halogens is 1. The maximum absolute atomic E-state index is 13.4. The summed E-state index contributed by atoms with van der Waals surface area (Å²) in [5.41, 5.74) is 4.45. The molecule has 4 heterocycles. The van der Waals surface area contributed by atoms with Crippen LogP contribution in [0.25, 0.3) is 11.0 Å². The summed E-state index contributed by atoms with van der Waals surface area (Å²) in [5, 5.41) is 12.5. The minimum atomic E-state index is -1.11. The van der Waals surface area contributed by atoms with Gasteiger partial charge in [0.15, 0.2) is 0 Å². The molecule has 2 aromatic heterocycles. The Morgan fingerprint density at radius 1 is 1.21 bits per heavy atom. The number of piperidine rings is 1. The lowest BCUT2D eigenvalue weighted by Crippen LogP contribution is -2.39. The van der Waals surface area contributed by atoms with E-state index in [4.69, 9.17) is 4.98 Å². The van der Waals surface area contributed by atoms with Gasteiger partial charge < -0.3 is 9.67 Å². The molecule has 2 aliphatic heterocycles.